The van der Waals surface area contributed by atoms with E-state index >= 15 is 0 Å². The summed E-state index contributed by atoms with van der Waals surface area (Å²) in [7, 11) is 0. The summed E-state index contributed by atoms with van der Waals surface area (Å²) in [6.45, 7) is 2.29. The lowest BCUT2D eigenvalue weighted by atomic mass is 9.80. The first-order chi connectivity index (χ1) is 16.9. The molecule has 0 bridgehead atoms. The van der Waals surface area contributed by atoms with Crippen molar-refractivity contribution < 1.29 is 19.1 Å². The number of rotatable bonds is 11. The largest absolute Gasteiger partial charge is 0.458 e. The smallest absolute Gasteiger partial charge is 0.331 e. The molecule has 0 amide bonds. The summed E-state index contributed by atoms with van der Waals surface area (Å²) in [5.41, 5.74) is 14.2. The van der Waals surface area contributed by atoms with Gasteiger partial charge >= 0.3 is 11.9 Å². The van der Waals surface area contributed by atoms with Crippen molar-refractivity contribution in [3.8, 4) is 5.75 Å². The molecule has 2 aromatic carbocycles. The van der Waals surface area contributed by atoms with Crippen molar-refractivity contribution in [2.75, 3.05) is 11.5 Å². The molecule has 0 atom stereocenters. The molecule has 1 fully saturated rings. The summed E-state index contributed by atoms with van der Waals surface area (Å²) in [4.78, 5) is 24.6. The number of nitrogen functional groups attached to an aromatic ring is 2. The minimum absolute atomic E-state index is 0.00904. The zero-order valence-corrected chi connectivity index (χ0v) is 20.7. The Bertz CT molecular complexity index is 992. The van der Waals surface area contributed by atoms with E-state index in [0.29, 0.717) is 22.7 Å². The standard InChI is InChI=1S/C29H38N2O4/c1-2-3-4-5-6-21-7-12-23(13-8-21)29(33)35-26-15-9-22(10-16-26)11-18-28(32)34-20-24-19-25(30)14-17-27(24)31/h9-11,14-19,21,23H,2-8,12-13,20,30-31H2,1H3/b18-11+. The Morgan fingerprint density at radius 3 is 2.43 bits per heavy atom. The first kappa shape index (κ1) is 26.3. The minimum Gasteiger partial charge on any atom is -0.458 e. The van der Waals surface area contributed by atoms with Crippen LogP contribution in [0.3, 0.4) is 0 Å². The number of hydrogen-bond acceptors (Lipinski definition) is 6. The van der Waals surface area contributed by atoms with Crippen LogP contribution in [0.5, 0.6) is 5.75 Å². The number of carbonyl (C=O) groups excluding carboxylic acids is 2. The third-order valence-electron chi connectivity index (χ3n) is 6.69. The van der Waals surface area contributed by atoms with Crippen LogP contribution in [0.4, 0.5) is 11.4 Å². The van der Waals surface area contributed by atoms with E-state index in [2.05, 4.69) is 6.92 Å². The Morgan fingerprint density at radius 2 is 1.71 bits per heavy atom. The second-order valence-corrected chi connectivity index (χ2v) is 9.46. The van der Waals surface area contributed by atoms with Crippen molar-refractivity contribution in [1.82, 2.24) is 0 Å². The Morgan fingerprint density at radius 1 is 0.971 bits per heavy atom. The molecule has 3 rings (SSSR count). The third kappa shape index (κ3) is 8.78. The Balaban J connectivity index is 1.40. The molecule has 1 saturated carbocycles. The van der Waals surface area contributed by atoms with E-state index < -0.39 is 5.97 Å². The Kier molecular flexibility index (Phi) is 10.2. The van der Waals surface area contributed by atoms with Crippen LogP contribution < -0.4 is 16.2 Å². The molecule has 1 aliphatic rings. The molecule has 2 aromatic rings. The molecule has 4 N–H and O–H groups in total. The summed E-state index contributed by atoms with van der Waals surface area (Å²) in [5, 5.41) is 0. The first-order valence-corrected chi connectivity index (χ1v) is 12.7. The number of carbonyl (C=O) groups is 2. The van der Waals surface area contributed by atoms with E-state index in [1.807, 2.05) is 0 Å². The van der Waals surface area contributed by atoms with Crippen LogP contribution >= 0.6 is 0 Å². The maximum Gasteiger partial charge on any atom is 0.331 e. The van der Waals surface area contributed by atoms with Gasteiger partial charge in [-0.15, -0.1) is 0 Å². The van der Waals surface area contributed by atoms with Crippen LogP contribution in [-0.2, 0) is 20.9 Å². The molecule has 0 saturated heterocycles. The first-order valence-electron chi connectivity index (χ1n) is 12.7. The minimum atomic E-state index is -0.483. The fourth-order valence-electron chi connectivity index (χ4n) is 4.51. The quantitative estimate of drug-likeness (QED) is 0.129. The second kappa shape index (κ2) is 13.6. The molecule has 6 nitrogen and oxygen atoms in total. The average Bonchev–Trinajstić information content (AvgIpc) is 2.87. The summed E-state index contributed by atoms with van der Waals surface area (Å²) >= 11 is 0. The maximum atomic E-state index is 12.6. The van der Waals surface area contributed by atoms with Gasteiger partial charge in [0.25, 0.3) is 0 Å². The predicted molar refractivity (Wildman–Crippen MR) is 140 cm³/mol. The molecular weight excluding hydrogens is 440 g/mol. The molecule has 188 valence electrons. The van der Waals surface area contributed by atoms with Crippen LogP contribution in [0.2, 0.25) is 0 Å². The van der Waals surface area contributed by atoms with E-state index in [9.17, 15) is 9.59 Å². The molecule has 0 aromatic heterocycles. The van der Waals surface area contributed by atoms with Gasteiger partial charge in [0.15, 0.2) is 0 Å². The molecule has 0 radical (unpaired) electrons. The third-order valence-corrected chi connectivity index (χ3v) is 6.69. The van der Waals surface area contributed by atoms with Crippen LogP contribution in [-0.4, -0.2) is 11.9 Å². The number of hydrogen-bond donors (Lipinski definition) is 2. The van der Waals surface area contributed by atoms with Gasteiger partial charge in [-0.3, -0.25) is 4.79 Å². The molecule has 6 heteroatoms. The monoisotopic (exact) mass is 478 g/mol. The fraction of sp³-hybridized carbons (Fsp3) is 0.448. The summed E-state index contributed by atoms with van der Waals surface area (Å²) in [6.07, 6.45) is 13.6. The molecular formula is C29H38N2O4. The second-order valence-electron chi connectivity index (χ2n) is 9.46. The SMILES string of the molecule is CCCCCCC1CCC(C(=O)Oc2ccc(/C=C/C(=O)OCc3cc(N)ccc3N)cc2)CC1. The van der Waals surface area contributed by atoms with Gasteiger partial charge in [0, 0.05) is 23.0 Å². The summed E-state index contributed by atoms with van der Waals surface area (Å²) in [6, 6.07) is 12.2. The number of nitrogens with two attached hydrogens (primary N) is 2. The lowest BCUT2D eigenvalue weighted by Gasteiger charge is -2.27. The summed E-state index contributed by atoms with van der Waals surface area (Å²) < 4.78 is 10.9. The molecule has 35 heavy (non-hydrogen) atoms. The van der Waals surface area contributed by atoms with Gasteiger partial charge in [-0.2, -0.15) is 0 Å². The molecule has 0 spiro atoms. The number of ether oxygens (including phenoxy) is 2. The maximum absolute atomic E-state index is 12.6. The van der Waals surface area contributed by atoms with E-state index in [4.69, 9.17) is 20.9 Å². The van der Waals surface area contributed by atoms with E-state index in [1.54, 1.807) is 48.5 Å². The summed E-state index contributed by atoms with van der Waals surface area (Å²) in [5.74, 6) is 0.654. The number of benzene rings is 2. The van der Waals surface area contributed by atoms with Crippen molar-refractivity contribution in [3.05, 3.63) is 59.7 Å². The molecule has 0 aliphatic heterocycles. The van der Waals surface area contributed by atoms with Gasteiger partial charge in [0.1, 0.15) is 12.4 Å². The number of unbranched alkanes of at least 4 members (excludes halogenated alkanes) is 3. The van der Waals surface area contributed by atoms with E-state index in [1.165, 1.54) is 38.2 Å². The highest BCUT2D eigenvalue weighted by molar-refractivity contribution is 5.87. The fourth-order valence-corrected chi connectivity index (χ4v) is 4.51. The highest BCUT2D eigenvalue weighted by Crippen LogP contribution is 2.33. The van der Waals surface area contributed by atoms with Crippen LogP contribution in [0.1, 0.15) is 75.8 Å². The van der Waals surface area contributed by atoms with Gasteiger partial charge in [-0.25, -0.2) is 4.79 Å². The average molecular weight is 479 g/mol. The van der Waals surface area contributed by atoms with Gasteiger partial charge in [-0.1, -0.05) is 51.2 Å². The van der Waals surface area contributed by atoms with Crippen molar-refractivity contribution in [3.63, 3.8) is 0 Å². The van der Waals surface area contributed by atoms with Crippen molar-refractivity contribution >= 4 is 29.4 Å². The number of esters is 2. The topological polar surface area (TPSA) is 105 Å². The van der Waals surface area contributed by atoms with Crippen LogP contribution in [0, 0.1) is 11.8 Å². The van der Waals surface area contributed by atoms with Gasteiger partial charge in [0.05, 0.1) is 5.92 Å². The lowest BCUT2D eigenvalue weighted by molar-refractivity contribution is -0.140. The van der Waals surface area contributed by atoms with E-state index in [-0.39, 0.29) is 18.5 Å². The van der Waals surface area contributed by atoms with E-state index in [0.717, 1.165) is 37.2 Å². The predicted octanol–water partition coefficient (Wildman–Crippen LogP) is 6.29. The van der Waals surface area contributed by atoms with Crippen molar-refractivity contribution in [2.24, 2.45) is 11.8 Å². The molecule has 0 unspecified atom stereocenters. The lowest BCUT2D eigenvalue weighted by Crippen LogP contribution is -2.25. The van der Waals surface area contributed by atoms with Gasteiger partial charge in [-0.05, 0) is 73.6 Å². The highest BCUT2D eigenvalue weighted by Gasteiger charge is 2.27. The molecule has 0 heterocycles. The Labute approximate surface area is 208 Å². The highest BCUT2D eigenvalue weighted by atomic mass is 16.5. The number of anilines is 2. The normalized spacial score (nSPS) is 17.9. The van der Waals surface area contributed by atoms with Crippen molar-refractivity contribution in [1.29, 1.82) is 0 Å². The van der Waals surface area contributed by atoms with Crippen LogP contribution in [0.25, 0.3) is 6.08 Å². The zero-order chi connectivity index (χ0) is 25.0. The zero-order valence-electron chi connectivity index (χ0n) is 20.7. The van der Waals surface area contributed by atoms with Gasteiger partial charge < -0.3 is 20.9 Å². The van der Waals surface area contributed by atoms with Gasteiger partial charge in [0.2, 0.25) is 0 Å². The molecule has 1 aliphatic carbocycles. The van der Waals surface area contributed by atoms with Crippen molar-refractivity contribution in [2.45, 2.75) is 71.3 Å². The van der Waals surface area contributed by atoms with Crippen LogP contribution in [0.15, 0.2) is 48.5 Å². The Hall–Kier alpha value is -3.28.